The van der Waals surface area contributed by atoms with Gasteiger partial charge in [-0.1, -0.05) is 18.6 Å². The monoisotopic (exact) mass is 416 g/mol. The second-order valence-electron chi connectivity index (χ2n) is 7.04. The SMILES string of the molecule is Cn1cnc(S(=O)(=O)N2CCCC[C@H]2c2nc(N)ncc2-c2cccc(F)c2)c1. The van der Waals surface area contributed by atoms with E-state index < -0.39 is 21.9 Å². The first-order valence-corrected chi connectivity index (χ1v) is 10.7. The molecule has 0 saturated carbocycles. The molecule has 1 aliphatic heterocycles. The van der Waals surface area contributed by atoms with Gasteiger partial charge in [0.25, 0.3) is 10.0 Å². The predicted molar refractivity (Wildman–Crippen MR) is 106 cm³/mol. The number of imidazole rings is 1. The van der Waals surface area contributed by atoms with Gasteiger partial charge in [0, 0.05) is 31.5 Å². The maximum Gasteiger partial charge on any atom is 0.262 e. The number of benzene rings is 1. The van der Waals surface area contributed by atoms with E-state index in [0.717, 1.165) is 12.8 Å². The van der Waals surface area contributed by atoms with Gasteiger partial charge in [0.05, 0.1) is 18.1 Å². The second kappa shape index (κ2) is 7.53. The van der Waals surface area contributed by atoms with Gasteiger partial charge in [-0.25, -0.2) is 27.8 Å². The third-order valence-electron chi connectivity index (χ3n) is 5.00. The lowest BCUT2D eigenvalue weighted by atomic mass is 9.95. The summed E-state index contributed by atoms with van der Waals surface area (Å²) in [4.78, 5) is 12.5. The summed E-state index contributed by atoms with van der Waals surface area (Å²) >= 11 is 0. The molecule has 152 valence electrons. The molecule has 29 heavy (non-hydrogen) atoms. The van der Waals surface area contributed by atoms with Crippen molar-refractivity contribution in [2.45, 2.75) is 30.3 Å². The lowest BCUT2D eigenvalue weighted by Gasteiger charge is -2.34. The third kappa shape index (κ3) is 3.73. The highest BCUT2D eigenvalue weighted by Crippen LogP contribution is 2.38. The minimum absolute atomic E-state index is 0.0127. The standard InChI is InChI=1S/C19H21FN6O2S/c1-25-11-17(23-12-25)29(27,28)26-8-3-2-7-16(26)18-15(10-22-19(21)24-18)13-5-4-6-14(20)9-13/h4-6,9-12,16H,2-3,7-8H2,1H3,(H2,21,22,24)/t16-/m0/s1. The van der Waals surface area contributed by atoms with Crippen LogP contribution in [0.25, 0.3) is 11.1 Å². The summed E-state index contributed by atoms with van der Waals surface area (Å²) < 4.78 is 43.4. The maximum absolute atomic E-state index is 13.8. The van der Waals surface area contributed by atoms with E-state index in [1.807, 2.05) is 0 Å². The summed E-state index contributed by atoms with van der Waals surface area (Å²) in [5, 5.41) is -0.0127. The van der Waals surface area contributed by atoms with Crippen molar-refractivity contribution in [2.24, 2.45) is 7.05 Å². The summed E-state index contributed by atoms with van der Waals surface area (Å²) in [5.41, 5.74) is 7.44. The van der Waals surface area contributed by atoms with E-state index in [0.29, 0.717) is 29.8 Å². The number of anilines is 1. The maximum atomic E-state index is 13.8. The van der Waals surface area contributed by atoms with Crippen LogP contribution < -0.4 is 5.73 Å². The van der Waals surface area contributed by atoms with Gasteiger partial charge in [-0.05, 0) is 30.5 Å². The number of nitrogens with two attached hydrogens (primary N) is 1. The van der Waals surface area contributed by atoms with E-state index >= 15 is 0 Å². The molecule has 1 aliphatic rings. The lowest BCUT2D eigenvalue weighted by Crippen LogP contribution is -2.39. The Morgan fingerprint density at radius 3 is 2.79 bits per heavy atom. The lowest BCUT2D eigenvalue weighted by molar-refractivity contribution is 0.251. The number of nitrogens with zero attached hydrogens (tertiary/aromatic N) is 5. The zero-order valence-electron chi connectivity index (χ0n) is 15.9. The first kappa shape index (κ1) is 19.5. The number of nitrogen functional groups attached to an aromatic ring is 1. The van der Waals surface area contributed by atoms with Gasteiger partial charge < -0.3 is 10.3 Å². The summed E-state index contributed by atoms with van der Waals surface area (Å²) in [6, 6.07) is 5.51. The summed E-state index contributed by atoms with van der Waals surface area (Å²) in [5.74, 6) is -0.354. The van der Waals surface area contributed by atoms with Crippen LogP contribution in [0.2, 0.25) is 0 Å². The van der Waals surface area contributed by atoms with E-state index in [9.17, 15) is 12.8 Å². The smallest absolute Gasteiger partial charge is 0.262 e. The minimum Gasteiger partial charge on any atom is -0.368 e. The number of hydrogen-bond acceptors (Lipinski definition) is 6. The molecule has 0 amide bonds. The van der Waals surface area contributed by atoms with E-state index in [1.165, 1.54) is 35.2 Å². The summed E-state index contributed by atoms with van der Waals surface area (Å²) in [6.07, 6.45) is 6.59. The molecule has 0 bridgehead atoms. The molecule has 8 nitrogen and oxygen atoms in total. The average molecular weight is 416 g/mol. The van der Waals surface area contributed by atoms with Gasteiger partial charge in [-0.2, -0.15) is 4.31 Å². The van der Waals surface area contributed by atoms with Gasteiger partial charge in [0.15, 0.2) is 5.03 Å². The Morgan fingerprint density at radius 1 is 1.24 bits per heavy atom. The van der Waals surface area contributed by atoms with Crippen LogP contribution in [0.3, 0.4) is 0 Å². The highest BCUT2D eigenvalue weighted by Gasteiger charge is 2.37. The topological polar surface area (TPSA) is 107 Å². The molecule has 4 rings (SSSR count). The van der Waals surface area contributed by atoms with Crippen LogP contribution in [0.15, 0.2) is 48.0 Å². The zero-order chi connectivity index (χ0) is 20.6. The van der Waals surface area contributed by atoms with Crippen LogP contribution in [0, 0.1) is 5.82 Å². The predicted octanol–water partition coefficient (Wildman–Crippen LogP) is 2.51. The number of hydrogen-bond donors (Lipinski definition) is 1. The van der Waals surface area contributed by atoms with E-state index in [2.05, 4.69) is 15.0 Å². The third-order valence-corrected chi connectivity index (χ3v) is 6.79. The molecular weight excluding hydrogens is 395 g/mol. The van der Waals surface area contributed by atoms with E-state index in [-0.39, 0.29) is 11.0 Å². The van der Waals surface area contributed by atoms with Crippen molar-refractivity contribution >= 4 is 16.0 Å². The molecule has 2 N–H and O–H groups in total. The van der Waals surface area contributed by atoms with Gasteiger partial charge >= 0.3 is 0 Å². The number of sulfonamides is 1. The van der Waals surface area contributed by atoms with Crippen LogP contribution in [0.5, 0.6) is 0 Å². The van der Waals surface area contributed by atoms with E-state index in [4.69, 9.17) is 5.73 Å². The number of aromatic nitrogens is 4. The first-order chi connectivity index (χ1) is 13.9. The molecule has 10 heteroatoms. The molecule has 2 aromatic heterocycles. The number of halogens is 1. The van der Waals surface area contributed by atoms with Crippen molar-refractivity contribution in [3.05, 3.63) is 54.5 Å². The largest absolute Gasteiger partial charge is 0.368 e. The molecule has 0 spiro atoms. The molecule has 3 aromatic rings. The molecule has 1 saturated heterocycles. The van der Waals surface area contributed by atoms with Gasteiger partial charge in [0.2, 0.25) is 5.95 Å². The van der Waals surface area contributed by atoms with Crippen molar-refractivity contribution in [1.29, 1.82) is 0 Å². The highest BCUT2D eigenvalue weighted by molar-refractivity contribution is 7.89. The molecular formula is C19H21FN6O2S. The minimum atomic E-state index is -3.83. The number of piperidine rings is 1. The molecule has 0 radical (unpaired) electrons. The van der Waals surface area contributed by atoms with Crippen LogP contribution in [0.4, 0.5) is 10.3 Å². The van der Waals surface area contributed by atoms with Crippen molar-refractivity contribution in [3.63, 3.8) is 0 Å². The Kier molecular flexibility index (Phi) is 5.05. The van der Waals surface area contributed by atoms with E-state index in [1.54, 1.807) is 23.7 Å². The molecule has 3 heterocycles. The summed E-state index contributed by atoms with van der Waals surface area (Å²) in [6.45, 7) is 0.343. The van der Waals surface area contributed by atoms with Crippen molar-refractivity contribution in [2.75, 3.05) is 12.3 Å². The number of rotatable bonds is 4. The molecule has 1 fully saturated rings. The highest BCUT2D eigenvalue weighted by atomic mass is 32.2. The summed E-state index contributed by atoms with van der Waals surface area (Å²) in [7, 11) is -2.12. The van der Waals surface area contributed by atoms with Gasteiger partial charge in [-0.3, -0.25) is 0 Å². The first-order valence-electron chi connectivity index (χ1n) is 9.24. The van der Waals surface area contributed by atoms with Crippen LogP contribution in [-0.4, -0.2) is 38.8 Å². The Hall–Kier alpha value is -2.85. The van der Waals surface area contributed by atoms with Crippen molar-refractivity contribution in [3.8, 4) is 11.1 Å². The van der Waals surface area contributed by atoms with Gasteiger partial charge in [0.1, 0.15) is 5.82 Å². The molecule has 0 unspecified atom stereocenters. The Bertz CT molecular complexity index is 1150. The fourth-order valence-corrected chi connectivity index (χ4v) is 5.28. The quantitative estimate of drug-likeness (QED) is 0.700. The van der Waals surface area contributed by atoms with Crippen molar-refractivity contribution in [1.82, 2.24) is 23.8 Å². The Morgan fingerprint density at radius 2 is 2.07 bits per heavy atom. The normalized spacial score (nSPS) is 18.1. The Balaban J connectivity index is 1.83. The van der Waals surface area contributed by atoms with Crippen LogP contribution in [-0.2, 0) is 17.1 Å². The van der Waals surface area contributed by atoms with Crippen molar-refractivity contribution < 1.29 is 12.8 Å². The second-order valence-corrected chi connectivity index (χ2v) is 8.88. The molecule has 0 aliphatic carbocycles. The fourth-order valence-electron chi connectivity index (χ4n) is 3.65. The zero-order valence-corrected chi connectivity index (χ0v) is 16.7. The van der Waals surface area contributed by atoms with Crippen LogP contribution in [0.1, 0.15) is 31.0 Å². The average Bonchev–Trinajstić information content (AvgIpc) is 3.15. The fraction of sp³-hybridized carbons (Fsp3) is 0.316. The van der Waals surface area contributed by atoms with Gasteiger partial charge in [-0.15, -0.1) is 0 Å². The number of aryl methyl sites for hydroxylation is 1. The Labute approximate surface area is 168 Å². The molecule has 1 aromatic carbocycles. The van der Waals surface area contributed by atoms with Crippen LogP contribution >= 0.6 is 0 Å². The molecule has 1 atom stereocenters.